The number of furan rings is 1. The van der Waals surface area contributed by atoms with Crippen LogP contribution >= 0.6 is 0 Å². The molecule has 0 bridgehead atoms. The third kappa shape index (κ3) is 5.09. The molecule has 9 heteroatoms. The molecule has 9 nitrogen and oxygen atoms in total. The number of nitrogens with zero attached hydrogens (tertiary/aromatic N) is 3. The lowest BCUT2D eigenvalue weighted by Crippen LogP contribution is -2.56. The summed E-state index contributed by atoms with van der Waals surface area (Å²) in [7, 11) is 0. The van der Waals surface area contributed by atoms with Crippen LogP contribution in [0.2, 0.25) is 0 Å². The van der Waals surface area contributed by atoms with Crippen LogP contribution in [0, 0.1) is 0 Å². The summed E-state index contributed by atoms with van der Waals surface area (Å²) in [5.41, 5.74) is 1.90. The number of nitrogens with one attached hydrogen (secondary N) is 1. The fourth-order valence-electron chi connectivity index (χ4n) is 4.79. The predicted octanol–water partition coefficient (Wildman–Crippen LogP) is 3.03. The minimum absolute atomic E-state index is 0.0644. The van der Waals surface area contributed by atoms with Gasteiger partial charge in [-0.3, -0.25) is 14.6 Å². The van der Waals surface area contributed by atoms with Gasteiger partial charge in [-0.25, -0.2) is 9.59 Å². The maximum atomic E-state index is 13.2. The van der Waals surface area contributed by atoms with Crippen molar-refractivity contribution in [2.45, 2.75) is 32.9 Å². The third-order valence-corrected chi connectivity index (χ3v) is 6.46. The second-order valence-electron chi connectivity index (χ2n) is 8.68. The number of carbonyl (C=O) groups is 3. The molecule has 1 fully saturated rings. The molecule has 1 saturated heterocycles. The van der Waals surface area contributed by atoms with Gasteiger partial charge in [0, 0.05) is 44.5 Å². The molecule has 35 heavy (non-hydrogen) atoms. The van der Waals surface area contributed by atoms with E-state index >= 15 is 0 Å². The van der Waals surface area contributed by atoms with Crippen LogP contribution in [0.5, 0.6) is 0 Å². The van der Waals surface area contributed by atoms with Crippen molar-refractivity contribution in [2.24, 2.45) is 0 Å². The van der Waals surface area contributed by atoms with Crippen molar-refractivity contribution in [3.8, 4) is 0 Å². The van der Waals surface area contributed by atoms with Crippen molar-refractivity contribution >= 4 is 17.9 Å². The van der Waals surface area contributed by atoms with Crippen molar-refractivity contribution in [2.75, 3.05) is 39.3 Å². The zero-order chi connectivity index (χ0) is 24.9. The SMILES string of the molecule is CCOC(=O)C1=C(CN2CCN(C(=O)c3ccco3)[C@H](C)C2)N(CC)C(=O)N[C@H]1c1ccccc1. The highest BCUT2D eigenvalue weighted by molar-refractivity contribution is 5.95. The average molecular weight is 481 g/mol. The second-order valence-corrected chi connectivity index (χ2v) is 8.68. The van der Waals surface area contributed by atoms with Crippen LogP contribution in [0.4, 0.5) is 4.79 Å². The smallest absolute Gasteiger partial charge is 0.338 e. The first-order valence-corrected chi connectivity index (χ1v) is 12.0. The Morgan fingerprint density at radius 3 is 2.51 bits per heavy atom. The standard InChI is InChI=1S/C26H32N4O5/c1-4-29-20(17-28-13-14-30(18(3)16-28)24(31)21-12-9-15-35-21)22(25(32)34-5-2)23(27-26(29)33)19-10-7-6-8-11-19/h6-12,15,18,23H,4-5,13-14,16-17H2,1-3H3,(H,27,33)/t18-,23+/m1/s1. The normalized spacial score (nSPS) is 21.2. The Kier molecular flexibility index (Phi) is 7.55. The topological polar surface area (TPSA) is 95.3 Å². The molecule has 0 spiro atoms. The van der Waals surface area contributed by atoms with Gasteiger partial charge < -0.3 is 19.4 Å². The van der Waals surface area contributed by atoms with Gasteiger partial charge in [0.05, 0.1) is 24.5 Å². The van der Waals surface area contributed by atoms with Gasteiger partial charge in [-0.1, -0.05) is 30.3 Å². The molecule has 0 saturated carbocycles. The van der Waals surface area contributed by atoms with Gasteiger partial charge in [-0.2, -0.15) is 0 Å². The molecule has 2 aliphatic heterocycles. The second kappa shape index (κ2) is 10.8. The van der Waals surface area contributed by atoms with Gasteiger partial charge in [0.2, 0.25) is 0 Å². The molecular weight excluding hydrogens is 448 g/mol. The lowest BCUT2D eigenvalue weighted by atomic mass is 9.94. The van der Waals surface area contributed by atoms with E-state index in [9.17, 15) is 14.4 Å². The number of ether oxygens (including phenoxy) is 1. The number of esters is 1. The quantitative estimate of drug-likeness (QED) is 0.612. The molecule has 4 rings (SSSR count). The van der Waals surface area contributed by atoms with Gasteiger partial charge in [-0.05, 0) is 38.5 Å². The largest absolute Gasteiger partial charge is 0.463 e. The number of carbonyl (C=O) groups excluding carboxylic acids is 3. The maximum Gasteiger partial charge on any atom is 0.338 e. The van der Waals surface area contributed by atoms with Gasteiger partial charge >= 0.3 is 12.0 Å². The van der Waals surface area contributed by atoms with E-state index in [1.807, 2.05) is 44.2 Å². The Morgan fingerprint density at radius 1 is 1.11 bits per heavy atom. The molecule has 1 N–H and O–H groups in total. The minimum atomic E-state index is -0.597. The summed E-state index contributed by atoms with van der Waals surface area (Å²) in [5.74, 6) is -0.246. The summed E-state index contributed by atoms with van der Waals surface area (Å²) in [6.07, 6.45) is 1.49. The highest BCUT2D eigenvalue weighted by Crippen LogP contribution is 2.32. The first-order valence-electron chi connectivity index (χ1n) is 12.0. The first kappa shape index (κ1) is 24.5. The molecule has 2 aliphatic rings. The molecule has 0 radical (unpaired) electrons. The van der Waals surface area contributed by atoms with Gasteiger partial charge in [0.1, 0.15) is 0 Å². The van der Waals surface area contributed by atoms with E-state index < -0.39 is 12.0 Å². The van der Waals surface area contributed by atoms with E-state index in [1.54, 1.807) is 28.9 Å². The Balaban J connectivity index is 1.63. The molecule has 1 aromatic carbocycles. The van der Waals surface area contributed by atoms with Crippen LogP contribution in [0.15, 0.2) is 64.4 Å². The van der Waals surface area contributed by atoms with E-state index in [1.165, 1.54) is 6.26 Å². The highest BCUT2D eigenvalue weighted by Gasteiger charge is 2.39. The van der Waals surface area contributed by atoms with Crippen molar-refractivity contribution in [1.29, 1.82) is 0 Å². The van der Waals surface area contributed by atoms with Crippen LogP contribution in [-0.4, -0.2) is 78.0 Å². The average Bonchev–Trinajstić information content (AvgIpc) is 3.39. The summed E-state index contributed by atoms with van der Waals surface area (Å²) in [6.45, 7) is 8.41. The number of hydrogen-bond acceptors (Lipinski definition) is 6. The molecule has 186 valence electrons. The molecule has 1 aromatic heterocycles. The van der Waals surface area contributed by atoms with E-state index in [0.717, 1.165) is 5.56 Å². The highest BCUT2D eigenvalue weighted by atomic mass is 16.5. The summed E-state index contributed by atoms with van der Waals surface area (Å²) in [5, 5.41) is 2.98. The van der Waals surface area contributed by atoms with Crippen LogP contribution in [0.25, 0.3) is 0 Å². The van der Waals surface area contributed by atoms with Crippen molar-refractivity contribution in [3.63, 3.8) is 0 Å². The molecule has 3 heterocycles. The Morgan fingerprint density at radius 2 is 1.89 bits per heavy atom. The van der Waals surface area contributed by atoms with Gasteiger partial charge in [0.25, 0.3) is 5.91 Å². The third-order valence-electron chi connectivity index (χ3n) is 6.46. The molecule has 0 aliphatic carbocycles. The number of benzene rings is 1. The van der Waals surface area contributed by atoms with Crippen LogP contribution in [0.3, 0.4) is 0 Å². The molecule has 0 unspecified atom stereocenters. The monoisotopic (exact) mass is 480 g/mol. The first-order chi connectivity index (χ1) is 16.9. The number of likely N-dealkylation sites (N-methyl/N-ethyl adjacent to an activating group) is 1. The molecule has 2 aromatic rings. The lowest BCUT2D eigenvalue weighted by Gasteiger charge is -2.42. The Labute approximate surface area is 205 Å². The zero-order valence-electron chi connectivity index (χ0n) is 20.4. The Hall–Kier alpha value is -3.59. The Bertz CT molecular complexity index is 1080. The molecular formula is C26H32N4O5. The summed E-state index contributed by atoms with van der Waals surface area (Å²) < 4.78 is 10.7. The van der Waals surface area contributed by atoms with Crippen LogP contribution in [-0.2, 0) is 9.53 Å². The van der Waals surface area contributed by atoms with E-state index in [-0.39, 0.29) is 24.6 Å². The molecule has 2 atom stereocenters. The van der Waals surface area contributed by atoms with Crippen molar-refractivity contribution < 1.29 is 23.5 Å². The van der Waals surface area contributed by atoms with Gasteiger partial charge in [0.15, 0.2) is 5.76 Å². The van der Waals surface area contributed by atoms with E-state index in [0.29, 0.717) is 49.8 Å². The fourth-order valence-corrected chi connectivity index (χ4v) is 4.79. The van der Waals surface area contributed by atoms with Crippen molar-refractivity contribution in [1.82, 2.24) is 20.0 Å². The number of hydrogen-bond donors (Lipinski definition) is 1. The van der Waals surface area contributed by atoms with Gasteiger partial charge in [-0.15, -0.1) is 0 Å². The number of urea groups is 1. The maximum absolute atomic E-state index is 13.2. The van der Waals surface area contributed by atoms with E-state index in [2.05, 4.69) is 10.2 Å². The zero-order valence-corrected chi connectivity index (χ0v) is 20.4. The lowest BCUT2D eigenvalue weighted by molar-refractivity contribution is -0.139. The molecule has 3 amide bonds. The number of piperazine rings is 1. The van der Waals surface area contributed by atoms with Crippen molar-refractivity contribution in [3.05, 3.63) is 71.3 Å². The number of amides is 3. The predicted molar refractivity (Wildman–Crippen MR) is 129 cm³/mol. The number of rotatable bonds is 7. The van der Waals surface area contributed by atoms with Crippen LogP contribution in [0.1, 0.15) is 42.9 Å². The summed E-state index contributed by atoms with van der Waals surface area (Å²) >= 11 is 0. The van der Waals surface area contributed by atoms with Crippen LogP contribution < -0.4 is 5.32 Å². The fraction of sp³-hybridized carbons (Fsp3) is 0.423. The van der Waals surface area contributed by atoms with E-state index in [4.69, 9.17) is 9.15 Å². The minimum Gasteiger partial charge on any atom is -0.463 e. The summed E-state index contributed by atoms with van der Waals surface area (Å²) in [4.78, 5) is 44.7. The summed E-state index contributed by atoms with van der Waals surface area (Å²) in [6, 6.07) is 11.9.